The first kappa shape index (κ1) is 16.9. The molecule has 0 spiro atoms. The molecule has 132 valence electrons. The van der Waals surface area contributed by atoms with Gasteiger partial charge in [-0.2, -0.15) is 0 Å². The molecule has 2 aromatic heterocycles. The highest BCUT2D eigenvalue weighted by Gasteiger charge is 2.24. The van der Waals surface area contributed by atoms with Crippen LogP contribution in [0, 0.1) is 5.82 Å². The van der Waals surface area contributed by atoms with Crippen molar-refractivity contribution in [1.29, 1.82) is 0 Å². The predicted octanol–water partition coefficient (Wildman–Crippen LogP) is 5.01. The standard InChI is InChI=1S/C22H22FN3/c23-20-5-3-4-18(14-20)21-8-7-19(15-25-21)22-6-1-2-13-26(22)16-17-9-11-24-12-10-17/h3-5,7-12,14-15,22H,1-2,6,13,16H2/t22-/m0/s1. The van der Waals surface area contributed by atoms with E-state index in [0.717, 1.165) is 30.8 Å². The molecule has 4 rings (SSSR count). The van der Waals surface area contributed by atoms with E-state index in [0.29, 0.717) is 6.04 Å². The van der Waals surface area contributed by atoms with Gasteiger partial charge in [0.05, 0.1) is 5.69 Å². The topological polar surface area (TPSA) is 29.0 Å². The second-order valence-electron chi connectivity index (χ2n) is 6.82. The number of hydrogen-bond donors (Lipinski definition) is 0. The highest BCUT2D eigenvalue weighted by atomic mass is 19.1. The van der Waals surface area contributed by atoms with E-state index in [1.54, 1.807) is 6.07 Å². The summed E-state index contributed by atoms with van der Waals surface area (Å²) in [6.45, 7) is 2.03. The summed E-state index contributed by atoms with van der Waals surface area (Å²) in [7, 11) is 0. The van der Waals surface area contributed by atoms with Crippen LogP contribution in [0.25, 0.3) is 11.3 Å². The number of halogens is 1. The minimum absolute atomic E-state index is 0.232. The molecule has 0 radical (unpaired) electrons. The number of hydrogen-bond acceptors (Lipinski definition) is 3. The van der Waals surface area contributed by atoms with E-state index >= 15 is 0 Å². The SMILES string of the molecule is Fc1cccc(-c2ccc([C@@H]3CCCCN3Cc3ccncc3)cn2)c1. The van der Waals surface area contributed by atoms with Crippen LogP contribution in [0.3, 0.4) is 0 Å². The first-order valence-corrected chi connectivity index (χ1v) is 9.14. The van der Waals surface area contributed by atoms with Crippen LogP contribution in [0.1, 0.15) is 36.4 Å². The van der Waals surface area contributed by atoms with Crippen molar-refractivity contribution in [2.45, 2.75) is 31.8 Å². The van der Waals surface area contributed by atoms with Gasteiger partial charge in [0.2, 0.25) is 0 Å². The Morgan fingerprint density at radius 3 is 2.69 bits per heavy atom. The second kappa shape index (κ2) is 7.75. The molecular formula is C22H22FN3. The first-order chi connectivity index (χ1) is 12.8. The van der Waals surface area contributed by atoms with Gasteiger partial charge in [-0.1, -0.05) is 24.6 Å². The zero-order valence-corrected chi connectivity index (χ0v) is 14.7. The molecule has 26 heavy (non-hydrogen) atoms. The molecule has 0 unspecified atom stereocenters. The van der Waals surface area contributed by atoms with Crippen LogP contribution in [-0.4, -0.2) is 21.4 Å². The van der Waals surface area contributed by atoms with E-state index in [1.807, 2.05) is 30.7 Å². The van der Waals surface area contributed by atoms with Crippen molar-refractivity contribution in [3.8, 4) is 11.3 Å². The fourth-order valence-electron chi connectivity index (χ4n) is 3.70. The monoisotopic (exact) mass is 347 g/mol. The minimum Gasteiger partial charge on any atom is -0.292 e. The summed E-state index contributed by atoms with van der Waals surface area (Å²) in [5.74, 6) is -0.232. The zero-order valence-electron chi connectivity index (χ0n) is 14.7. The average Bonchev–Trinajstić information content (AvgIpc) is 2.69. The fraction of sp³-hybridized carbons (Fsp3) is 0.273. The number of aromatic nitrogens is 2. The number of nitrogens with zero attached hydrogens (tertiary/aromatic N) is 3. The molecule has 0 aliphatic carbocycles. The Kier molecular flexibility index (Phi) is 5.02. The van der Waals surface area contributed by atoms with Gasteiger partial charge in [-0.3, -0.25) is 14.9 Å². The highest BCUT2D eigenvalue weighted by molar-refractivity contribution is 5.59. The van der Waals surface area contributed by atoms with E-state index in [2.05, 4.69) is 33.1 Å². The van der Waals surface area contributed by atoms with Gasteiger partial charge in [0.25, 0.3) is 0 Å². The van der Waals surface area contributed by atoms with Gasteiger partial charge >= 0.3 is 0 Å². The molecule has 1 atom stereocenters. The van der Waals surface area contributed by atoms with E-state index in [1.165, 1.54) is 36.1 Å². The van der Waals surface area contributed by atoms with E-state index in [9.17, 15) is 4.39 Å². The van der Waals surface area contributed by atoms with Gasteiger partial charge in [-0.05, 0) is 60.8 Å². The molecule has 0 saturated carbocycles. The van der Waals surface area contributed by atoms with Crippen molar-refractivity contribution in [3.63, 3.8) is 0 Å². The number of piperidine rings is 1. The third-order valence-corrected chi connectivity index (χ3v) is 5.04. The summed E-state index contributed by atoms with van der Waals surface area (Å²) in [6.07, 6.45) is 9.27. The zero-order chi connectivity index (χ0) is 17.8. The van der Waals surface area contributed by atoms with Crippen molar-refractivity contribution in [2.75, 3.05) is 6.54 Å². The third kappa shape index (κ3) is 3.81. The average molecular weight is 347 g/mol. The fourth-order valence-corrected chi connectivity index (χ4v) is 3.70. The Bertz CT molecular complexity index is 849. The van der Waals surface area contributed by atoms with Crippen LogP contribution in [0.15, 0.2) is 67.1 Å². The normalized spacial score (nSPS) is 18.0. The molecule has 3 heterocycles. The maximum absolute atomic E-state index is 13.4. The molecule has 1 aliphatic rings. The van der Waals surface area contributed by atoms with Crippen LogP contribution in [-0.2, 0) is 6.54 Å². The lowest BCUT2D eigenvalue weighted by Gasteiger charge is -2.36. The van der Waals surface area contributed by atoms with Crippen molar-refractivity contribution in [3.05, 3.63) is 84.1 Å². The van der Waals surface area contributed by atoms with Gasteiger partial charge in [-0.15, -0.1) is 0 Å². The summed E-state index contributed by atoms with van der Waals surface area (Å²) < 4.78 is 13.4. The van der Waals surface area contributed by atoms with E-state index in [4.69, 9.17) is 0 Å². The molecule has 1 saturated heterocycles. The van der Waals surface area contributed by atoms with Crippen LogP contribution in [0.5, 0.6) is 0 Å². The Balaban J connectivity index is 1.54. The molecule has 4 heteroatoms. The Hall–Kier alpha value is -2.59. The van der Waals surface area contributed by atoms with Crippen LogP contribution < -0.4 is 0 Å². The lowest BCUT2D eigenvalue weighted by atomic mass is 9.95. The van der Waals surface area contributed by atoms with Crippen molar-refractivity contribution >= 4 is 0 Å². The lowest BCUT2D eigenvalue weighted by molar-refractivity contribution is 0.140. The molecule has 3 aromatic rings. The summed E-state index contributed by atoms with van der Waals surface area (Å²) in [6, 6.07) is 15.3. The Labute approximate surface area is 153 Å². The molecule has 3 nitrogen and oxygen atoms in total. The predicted molar refractivity (Wildman–Crippen MR) is 101 cm³/mol. The molecule has 1 fully saturated rings. The third-order valence-electron chi connectivity index (χ3n) is 5.04. The molecule has 0 N–H and O–H groups in total. The molecule has 1 aliphatic heterocycles. The Morgan fingerprint density at radius 2 is 1.92 bits per heavy atom. The molecule has 1 aromatic carbocycles. The summed E-state index contributed by atoms with van der Waals surface area (Å²) >= 11 is 0. The maximum atomic E-state index is 13.4. The number of pyridine rings is 2. The van der Waals surface area contributed by atoms with E-state index in [-0.39, 0.29) is 5.82 Å². The molecule has 0 amide bonds. The first-order valence-electron chi connectivity index (χ1n) is 9.14. The number of likely N-dealkylation sites (tertiary alicyclic amines) is 1. The maximum Gasteiger partial charge on any atom is 0.123 e. The minimum atomic E-state index is -0.232. The van der Waals surface area contributed by atoms with E-state index < -0.39 is 0 Å². The van der Waals surface area contributed by atoms with Gasteiger partial charge in [0.15, 0.2) is 0 Å². The number of rotatable bonds is 4. The molecular weight excluding hydrogens is 325 g/mol. The summed E-state index contributed by atoms with van der Waals surface area (Å²) in [5, 5.41) is 0. The van der Waals surface area contributed by atoms with Crippen molar-refractivity contribution in [1.82, 2.24) is 14.9 Å². The molecule has 0 bridgehead atoms. The second-order valence-corrected chi connectivity index (χ2v) is 6.82. The van der Waals surface area contributed by atoms with Crippen molar-refractivity contribution < 1.29 is 4.39 Å². The van der Waals surface area contributed by atoms with Crippen LogP contribution >= 0.6 is 0 Å². The van der Waals surface area contributed by atoms with Crippen LogP contribution in [0.2, 0.25) is 0 Å². The Morgan fingerprint density at radius 1 is 1.04 bits per heavy atom. The number of benzene rings is 1. The van der Waals surface area contributed by atoms with Crippen LogP contribution in [0.4, 0.5) is 4.39 Å². The largest absolute Gasteiger partial charge is 0.292 e. The van der Waals surface area contributed by atoms with Gasteiger partial charge in [0, 0.05) is 36.7 Å². The van der Waals surface area contributed by atoms with Crippen molar-refractivity contribution in [2.24, 2.45) is 0 Å². The van der Waals surface area contributed by atoms with Gasteiger partial charge in [0.1, 0.15) is 5.82 Å². The van der Waals surface area contributed by atoms with Gasteiger partial charge in [-0.25, -0.2) is 4.39 Å². The highest BCUT2D eigenvalue weighted by Crippen LogP contribution is 2.32. The smallest absolute Gasteiger partial charge is 0.123 e. The summed E-state index contributed by atoms with van der Waals surface area (Å²) in [4.78, 5) is 11.2. The summed E-state index contributed by atoms with van der Waals surface area (Å²) in [5.41, 5.74) is 4.15. The quantitative estimate of drug-likeness (QED) is 0.664. The lowest BCUT2D eigenvalue weighted by Crippen LogP contribution is -2.33. The van der Waals surface area contributed by atoms with Gasteiger partial charge < -0.3 is 0 Å².